The molecule has 0 atom stereocenters. The largest absolute Gasteiger partial charge is 0.497 e. The molecule has 108 valence electrons. The number of carbonyl (C=O) groups excluding carboxylic acids is 1. The van der Waals surface area contributed by atoms with Crippen LogP contribution in [0.1, 0.15) is 10.4 Å². The molecule has 0 bridgehead atoms. The first-order chi connectivity index (χ1) is 10.2. The van der Waals surface area contributed by atoms with Crippen molar-refractivity contribution in [3.63, 3.8) is 0 Å². The number of aromatic amines is 2. The number of primary amides is 1. The molecule has 0 fully saturated rings. The molecule has 2 heterocycles. The SMILES string of the molecule is COc1cc(OC)c(-c2n[nH]c3c[nH]cc23)c(C(N)=O)c1. The molecule has 7 nitrogen and oxygen atoms in total. The van der Waals surface area contributed by atoms with Crippen molar-refractivity contribution in [2.24, 2.45) is 5.73 Å². The van der Waals surface area contributed by atoms with E-state index in [1.807, 2.05) is 0 Å². The van der Waals surface area contributed by atoms with E-state index in [1.54, 1.807) is 24.5 Å². The van der Waals surface area contributed by atoms with Crippen LogP contribution in [-0.2, 0) is 0 Å². The van der Waals surface area contributed by atoms with Crippen molar-refractivity contribution in [2.75, 3.05) is 14.2 Å². The fourth-order valence-corrected chi connectivity index (χ4v) is 2.33. The van der Waals surface area contributed by atoms with Gasteiger partial charge in [-0.15, -0.1) is 0 Å². The first kappa shape index (κ1) is 13.0. The second kappa shape index (κ2) is 4.86. The molecule has 1 amide bonds. The zero-order valence-electron chi connectivity index (χ0n) is 11.6. The highest BCUT2D eigenvalue weighted by Gasteiger charge is 2.22. The van der Waals surface area contributed by atoms with Crippen LogP contribution in [-0.4, -0.2) is 35.3 Å². The minimum Gasteiger partial charge on any atom is -0.497 e. The van der Waals surface area contributed by atoms with Crippen LogP contribution in [0.25, 0.3) is 22.2 Å². The van der Waals surface area contributed by atoms with Gasteiger partial charge in [0, 0.05) is 23.8 Å². The van der Waals surface area contributed by atoms with Crippen molar-refractivity contribution in [2.45, 2.75) is 0 Å². The lowest BCUT2D eigenvalue weighted by Gasteiger charge is -2.12. The van der Waals surface area contributed by atoms with Crippen LogP contribution in [0, 0.1) is 0 Å². The Hall–Kier alpha value is -2.96. The minimum absolute atomic E-state index is 0.292. The van der Waals surface area contributed by atoms with Crippen molar-refractivity contribution in [1.29, 1.82) is 0 Å². The van der Waals surface area contributed by atoms with E-state index in [0.29, 0.717) is 28.3 Å². The Morgan fingerprint density at radius 1 is 1.24 bits per heavy atom. The number of hydrogen-bond donors (Lipinski definition) is 3. The lowest BCUT2D eigenvalue weighted by molar-refractivity contribution is 0.1000. The van der Waals surface area contributed by atoms with Crippen molar-refractivity contribution < 1.29 is 14.3 Å². The third kappa shape index (κ3) is 1.99. The predicted molar refractivity (Wildman–Crippen MR) is 77.5 cm³/mol. The van der Waals surface area contributed by atoms with Crippen LogP contribution in [0.3, 0.4) is 0 Å². The van der Waals surface area contributed by atoms with E-state index in [-0.39, 0.29) is 0 Å². The number of nitrogens with one attached hydrogen (secondary N) is 2. The molecule has 3 aromatic rings. The minimum atomic E-state index is -0.575. The molecule has 7 heteroatoms. The van der Waals surface area contributed by atoms with Crippen LogP contribution in [0.4, 0.5) is 0 Å². The van der Waals surface area contributed by atoms with Gasteiger partial charge in [0.15, 0.2) is 0 Å². The Labute approximate surface area is 120 Å². The molecule has 2 aromatic heterocycles. The summed E-state index contributed by atoms with van der Waals surface area (Å²) in [6.45, 7) is 0. The van der Waals surface area contributed by atoms with E-state index in [0.717, 1.165) is 10.9 Å². The number of hydrogen-bond acceptors (Lipinski definition) is 4. The van der Waals surface area contributed by atoms with E-state index < -0.39 is 5.91 Å². The van der Waals surface area contributed by atoms with Gasteiger partial charge in [-0.1, -0.05) is 0 Å². The molecule has 0 aliphatic heterocycles. The van der Waals surface area contributed by atoms with Crippen molar-refractivity contribution in [3.8, 4) is 22.8 Å². The lowest BCUT2D eigenvalue weighted by Crippen LogP contribution is -2.13. The molecule has 0 saturated heterocycles. The number of rotatable bonds is 4. The van der Waals surface area contributed by atoms with Crippen LogP contribution < -0.4 is 15.2 Å². The van der Waals surface area contributed by atoms with Gasteiger partial charge in [0.1, 0.15) is 17.2 Å². The average molecular weight is 286 g/mol. The van der Waals surface area contributed by atoms with Gasteiger partial charge in [0.25, 0.3) is 0 Å². The van der Waals surface area contributed by atoms with Crippen LogP contribution in [0.2, 0.25) is 0 Å². The Morgan fingerprint density at radius 3 is 2.71 bits per heavy atom. The highest BCUT2D eigenvalue weighted by Crippen LogP contribution is 2.38. The van der Waals surface area contributed by atoms with E-state index >= 15 is 0 Å². The van der Waals surface area contributed by atoms with Gasteiger partial charge in [0.05, 0.1) is 30.9 Å². The summed E-state index contributed by atoms with van der Waals surface area (Å²) in [6.07, 6.45) is 3.58. The lowest BCUT2D eigenvalue weighted by atomic mass is 10.0. The number of ether oxygens (including phenoxy) is 2. The third-order valence-corrected chi connectivity index (χ3v) is 3.32. The zero-order chi connectivity index (χ0) is 15.0. The summed E-state index contributed by atoms with van der Waals surface area (Å²) in [5.74, 6) is 0.386. The summed E-state index contributed by atoms with van der Waals surface area (Å²) < 4.78 is 10.5. The molecule has 0 spiro atoms. The summed E-state index contributed by atoms with van der Waals surface area (Å²) in [4.78, 5) is 14.8. The Bertz CT molecular complexity index is 819. The maximum Gasteiger partial charge on any atom is 0.249 e. The summed E-state index contributed by atoms with van der Waals surface area (Å²) >= 11 is 0. The summed E-state index contributed by atoms with van der Waals surface area (Å²) in [5.41, 5.74) is 7.75. The fourth-order valence-electron chi connectivity index (χ4n) is 2.33. The number of carbonyl (C=O) groups is 1. The second-order valence-electron chi connectivity index (χ2n) is 4.47. The van der Waals surface area contributed by atoms with Gasteiger partial charge < -0.3 is 20.2 Å². The van der Waals surface area contributed by atoms with E-state index in [9.17, 15) is 4.79 Å². The number of nitrogens with two attached hydrogens (primary N) is 1. The van der Waals surface area contributed by atoms with Crippen molar-refractivity contribution >= 4 is 16.8 Å². The number of H-pyrrole nitrogens is 2. The van der Waals surface area contributed by atoms with Gasteiger partial charge in [-0.2, -0.15) is 5.10 Å². The molecule has 0 aliphatic carbocycles. The molecule has 1 aromatic carbocycles. The highest BCUT2D eigenvalue weighted by molar-refractivity contribution is 6.05. The molecular weight excluding hydrogens is 272 g/mol. The average Bonchev–Trinajstić information content (AvgIpc) is 3.08. The summed E-state index contributed by atoms with van der Waals surface area (Å²) in [6, 6.07) is 3.27. The van der Waals surface area contributed by atoms with E-state index in [1.165, 1.54) is 14.2 Å². The topological polar surface area (TPSA) is 106 Å². The molecule has 21 heavy (non-hydrogen) atoms. The quantitative estimate of drug-likeness (QED) is 0.678. The van der Waals surface area contributed by atoms with Crippen molar-refractivity contribution in [1.82, 2.24) is 15.2 Å². The maximum absolute atomic E-state index is 11.8. The van der Waals surface area contributed by atoms with Gasteiger partial charge in [-0.3, -0.25) is 9.89 Å². The van der Waals surface area contributed by atoms with Gasteiger partial charge in [-0.25, -0.2) is 0 Å². The zero-order valence-corrected chi connectivity index (χ0v) is 11.6. The van der Waals surface area contributed by atoms with Crippen molar-refractivity contribution in [3.05, 3.63) is 30.1 Å². The van der Waals surface area contributed by atoms with Gasteiger partial charge in [-0.05, 0) is 6.07 Å². The van der Waals surface area contributed by atoms with Gasteiger partial charge >= 0.3 is 0 Å². The molecule has 0 saturated carbocycles. The number of aromatic nitrogens is 3. The highest BCUT2D eigenvalue weighted by atomic mass is 16.5. The monoisotopic (exact) mass is 286 g/mol. The standard InChI is InChI=1S/C14H14N4O3/c1-20-7-3-8(14(15)19)12(11(4-7)21-2)13-9-5-16-6-10(9)17-18-13/h3-6,16-17H,1-2H3,(H2,15,19). The van der Waals surface area contributed by atoms with Gasteiger partial charge in [0.2, 0.25) is 5.91 Å². The molecule has 4 N–H and O–H groups in total. The number of amides is 1. The Kier molecular flexibility index (Phi) is 3.02. The summed E-state index contributed by atoms with van der Waals surface area (Å²) in [5, 5.41) is 8.00. The molecule has 0 radical (unpaired) electrons. The van der Waals surface area contributed by atoms with Crippen LogP contribution >= 0.6 is 0 Å². The third-order valence-electron chi connectivity index (χ3n) is 3.32. The summed E-state index contributed by atoms with van der Waals surface area (Å²) in [7, 11) is 3.03. The normalized spacial score (nSPS) is 10.8. The maximum atomic E-state index is 11.8. The predicted octanol–water partition coefficient (Wildman–Crippen LogP) is 1.67. The second-order valence-corrected chi connectivity index (χ2v) is 4.47. The van der Waals surface area contributed by atoms with Crippen LogP contribution in [0.15, 0.2) is 24.5 Å². The Morgan fingerprint density at radius 2 is 2.05 bits per heavy atom. The van der Waals surface area contributed by atoms with E-state index in [2.05, 4.69) is 15.2 Å². The van der Waals surface area contributed by atoms with E-state index in [4.69, 9.17) is 15.2 Å². The number of methoxy groups -OCH3 is 2. The first-order valence-electron chi connectivity index (χ1n) is 6.22. The molecule has 0 aliphatic rings. The smallest absolute Gasteiger partial charge is 0.249 e. The Balaban J connectivity index is 2.35. The number of nitrogens with zero attached hydrogens (tertiary/aromatic N) is 1. The van der Waals surface area contributed by atoms with Crippen LogP contribution in [0.5, 0.6) is 11.5 Å². The number of benzene rings is 1. The molecule has 0 unspecified atom stereocenters. The fraction of sp³-hybridized carbons (Fsp3) is 0.143. The molecule has 3 rings (SSSR count). The first-order valence-corrected chi connectivity index (χ1v) is 6.22. The number of fused-ring (bicyclic) bond motifs is 1. The molecular formula is C14H14N4O3.